The molecule has 2 aromatic rings. The third-order valence-electron chi connectivity index (χ3n) is 3.32. The average molecular weight is 243 g/mol. The summed E-state index contributed by atoms with van der Waals surface area (Å²) in [5, 5.41) is 4.38. The fourth-order valence-corrected chi connectivity index (χ4v) is 2.35. The van der Waals surface area contributed by atoms with Gasteiger partial charge in [-0.1, -0.05) is 18.2 Å². The van der Waals surface area contributed by atoms with Crippen LogP contribution in [0.1, 0.15) is 24.5 Å². The molecule has 1 fully saturated rings. The molecule has 2 N–H and O–H groups in total. The molecule has 3 rings (SSSR count). The van der Waals surface area contributed by atoms with Crippen LogP contribution in [0.25, 0.3) is 5.69 Å². The maximum Gasteiger partial charge on any atom is 0.101 e. The first-order chi connectivity index (χ1) is 8.84. The van der Waals surface area contributed by atoms with Gasteiger partial charge in [0.1, 0.15) is 6.10 Å². The Bertz CT molecular complexity index is 509. The minimum atomic E-state index is -0.0174. The lowest BCUT2D eigenvalue weighted by molar-refractivity contribution is 0.000128. The lowest BCUT2D eigenvalue weighted by Crippen LogP contribution is -2.34. The van der Waals surface area contributed by atoms with Crippen molar-refractivity contribution in [2.45, 2.75) is 25.0 Å². The van der Waals surface area contributed by atoms with Crippen LogP contribution >= 0.6 is 0 Å². The number of rotatable bonds is 2. The molecule has 0 aliphatic carbocycles. The number of nitrogens with zero attached hydrogens (tertiary/aromatic N) is 2. The molecular formula is C14H17N3O. The summed E-state index contributed by atoms with van der Waals surface area (Å²) in [7, 11) is 0. The summed E-state index contributed by atoms with van der Waals surface area (Å²) in [6.07, 6.45) is 5.90. The standard InChI is InChI=1S/C14H17N3O/c15-13-7-4-8-18-14(13)11-9-16-17(10-11)12-5-2-1-3-6-12/h1-3,5-6,9-10,13-14H,4,7-8,15H2. The zero-order valence-electron chi connectivity index (χ0n) is 10.2. The first kappa shape index (κ1) is 11.4. The number of para-hydroxylation sites is 1. The Morgan fingerprint density at radius 3 is 2.89 bits per heavy atom. The van der Waals surface area contributed by atoms with Crippen molar-refractivity contribution < 1.29 is 4.74 Å². The normalized spacial score (nSPS) is 24.1. The summed E-state index contributed by atoms with van der Waals surface area (Å²) in [6, 6.07) is 10.1. The maximum absolute atomic E-state index is 6.10. The summed E-state index contributed by atoms with van der Waals surface area (Å²) in [4.78, 5) is 0. The predicted octanol–water partition coefficient (Wildman–Crippen LogP) is 2.05. The van der Waals surface area contributed by atoms with Crippen molar-refractivity contribution in [2.24, 2.45) is 5.73 Å². The van der Waals surface area contributed by atoms with Gasteiger partial charge in [-0.05, 0) is 25.0 Å². The quantitative estimate of drug-likeness (QED) is 0.878. The Hall–Kier alpha value is -1.65. The predicted molar refractivity (Wildman–Crippen MR) is 69.5 cm³/mol. The number of aromatic nitrogens is 2. The van der Waals surface area contributed by atoms with Gasteiger partial charge in [0.2, 0.25) is 0 Å². The van der Waals surface area contributed by atoms with Gasteiger partial charge in [0.25, 0.3) is 0 Å². The molecule has 4 heteroatoms. The van der Waals surface area contributed by atoms with Crippen molar-refractivity contribution in [1.82, 2.24) is 9.78 Å². The number of benzene rings is 1. The number of hydrogen-bond donors (Lipinski definition) is 1. The molecule has 0 saturated carbocycles. The molecule has 1 aliphatic rings. The van der Waals surface area contributed by atoms with Crippen molar-refractivity contribution in [1.29, 1.82) is 0 Å². The first-order valence-corrected chi connectivity index (χ1v) is 6.32. The van der Waals surface area contributed by atoms with Crippen molar-refractivity contribution in [3.8, 4) is 5.69 Å². The van der Waals surface area contributed by atoms with E-state index in [9.17, 15) is 0 Å². The summed E-state index contributed by atoms with van der Waals surface area (Å²) < 4.78 is 7.61. The van der Waals surface area contributed by atoms with Crippen molar-refractivity contribution in [2.75, 3.05) is 6.61 Å². The second kappa shape index (κ2) is 4.92. The molecule has 1 aliphatic heterocycles. The van der Waals surface area contributed by atoms with Gasteiger partial charge in [0.05, 0.1) is 11.9 Å². The third kappa shape index (κ3) is 2.17. The number of ether oxygens (including phenoxy) is 1. The van der Waals surface area contributed by atoms with E-state index in [0.717, 1.165) is 30.7 Å². The Labute approximate surface area is 106 Å². The van der Waals surface area contributed by atoms with Crippen LogP contribution in [0.15, 0.2) is 42.7 Å². The molecule has 1 saturated heterocycles. The largest absolute Gasteiger partial charge is 0.372 e. The zero-order valence-corrected chi connectivity index (χ0v) is 10.2. The highest BCUT2D eigenvalue weighted by Crippen LogP contribution is 2.27. The van der Waals surface area contributed by atoms with Crippen LogP contribution in [-0.4, -0.2) is 22.4 Å². The molecule has 0 spiro atoms. The topological polar surface area (TPSA) is 53.1 Å². The second-order valence-corrected chi connectivity index (χ2v) is 4.65. The Kier molecular flexibility index (Phi) is 3.13. The molecule has 0 bridgehead atoms. The Morgan fingerprint density at radius 2 is 2.11 bits per heavy atom. The Balaban J connectivity index is 1.85. The summed E-state index contributed by atoms with van der Waals surface area (Å²) >= 11 is 0. The molecule has 2 atom stereocenters. The van der Waals surface area contributed by atoms with E-state index in [-0.39, 0.29) is 12.1 Å². The summed E-state index contributed by atoms with van der Waals surface area (Å²) in [5.41, 5.74) is 8.21. The SMILES string of the molecule is NC1CCCOC1c1cnn(-c2ccccc2)c1. The fourth-order valence-electron chi connectivity index (χ4n) is 2.35. The van der Waals surface area contributed by atoms with Gasteiger partial charge in [0.15, 0.2) is 0 Å². The number of nitrogens with two attached hydrogens (primary N) is 1. The zero-order chi connectivity index (χ0) is 12.4. The third-order valence-corrected chi connectivity index (χ3v) is 3.32. The molecule has 2 unspecified atom stereocenters. The highest BCUT2D eigenvalue weighted by atomic mass is 16.5. The van der Waals surface area contributed by atoms with E-state index >= 15 is 0 Å². The van der Waals surface area contributed by atoms with Crippen LogP contribution in [-0.2, 0) is 4.74 Å². The smallest absolute Gasteiger partial charge is 0.101 e. The van der Waals surface area contributed by atoms with E-state index in [1.165, 1.54) is 0 Å². The molecule has 4 nitrogen and oxygen atoms in total. The van der Waals surface area contributed by atoms with Gasteiger partial charge < -0.3 is 10.5 Å². The summed E-state index contributed by atoms with van der Waals surface area (Å²) in [5.74, 6) is 0. The van der Waals surface area contributed by atoms with Crippen LogP contribution in [0, 0.1) is 0 Å². The number of hydrogen-bond acceptors (Lipinski definition) is 3. The lowest BCUT2D eigenvalue weighted by atomic mass is 9.99. The van der Waals surface area contributed by atoms with Crippen molar-refractivity contribution in [3.05, 3.63) is 48.3 Å². The molecule has 1 aromatic carbocycles. The van der Waals surface area contributed by atoms with Crippen LogP contribution in [0.3, 0.4) is 0 Å². The van der Waals surface area contributed by atoms with Gasteiger partial charge in [-0.3, -0.25) is 0 Å². The van der Waals surface area contributed by atoms with E-state index in [0.29, 0.717) is 0 Å². The average Bonchev–Trinajstić information content (AvgIpc) is 2.90. The van der Waals surface area contributed by atoms with Gasteiger partial charge >= 0.3 is 0 Å². The van der Waals surface area contributed by atoms with Crippen LogP contribution in [0.5, 0.6) is 0 Å². The fraction of sp³-hybridized carbons (Fsp3) is 0.357. The van der Waals surface area contributed by atoms with Gasteiger partial charge in [-0.15, -0.1) is 0 Å². The van der Waals surface area contributed by atoms with E-state index in [1.54, 1.807) is 0 Å². The van der Waals surface area contributed by atoms with Crippen LogP contribution in [0.2, 0.25) is 0 Å². The van der Waals surface area contributed by atoms with E-state index in [2.05, 4.69) is 5.10 Å². The highest BCUT2D eigenvalue weighted by Gasteiger charge is 2.25. The Morgan fingerprint density at radius 1 is 1.28 bits per heavy atom. The molecule has 18 heavy (non-hydrogen) atoms. The molecule has 94 valence electrons. The van der Waals surface area contributed by atoms with Gasteiger partial charge in [-0.25, -0.2) is 4.68 Å². The maximum atomic E-state index is 6.10. The molecule has 1 aromatic heterocycles. The highest BCUT2D eigenvalue weighted by molar-refractivity contribution is 5.31. The summed E-state index contributed by atoms with van der Waals surface area (Å²) in [6.45, 7) is 0.787. The lowest BCUT2D eigenvalue weighted by Gasteiger charge is -2.27. The van der Waals surface area contributed by atoms with E-state index in [4.69, 9.17) is 10.5 Å². The van der Waals surface area contributed by atoms with E-state index in [1.807, 2.05) is 47.4 Å². The molecule has 2 heterocycles. The van der Waals surface area contributed by atoms with Crippen LogP contribution < -0.4 is 5.73 Å². The second-order valence-electron chi connectivity index (χ2n) is 4.65. The van der Waals surface area contributed by atoms with Crippen molar-refractivity contribution >= 4 is 0 Å². The van der Waals surface area contributed by atoms with Gasteiger partial charge in [0, 0.05) is 24.4 Å². The minimum absolute atomic E-state index is 0.0174. The van der Waals surface area contributed by atoms with E-state index < -0.39 is 0 Å². The monoisotopic (exact) mass is 243 g/mol. The van der Waals surface area contributed by atoms with Gasteiger partial charge in [-0.2, -0.15) is 5.10 Å². The molecular weight excluding hydrogens is 226 g/mol. The first-order valence-electron chi connectivity index (χ1n) is 6.32. The molecule has 0 amide bonds. The molecule has 0 radical (unpaired) electrons. The van der Waals surface area contributed by atoms with Crippen LogP contribution in [0.4, 0.5) is 0 Å². The minimum Gasteiger partial charge on any atom is -0.372 e. The van der Waals surface area contributed by atoms with Crippen molar-refractivity contribution in [3.63, 3.8) is 0 Å².